The Hall–Kier alpha value is -3.46. The highest BCUT2D eigenvalue weighted by molar-refractivity contribution is 8.18. The summed E-state index contributed by atoms with van der Waals surface area (Å²) < 4.78 is 5.03. The zero-order chi connectivity index (χ0) is 21.1. The van der Waals surface area contributed by atoms with Crippen molar-refractivity contribution in [2.24, 2.45) is 0 Å². The van der Waals surface area contributed by atoms with Crippen molar-refractivity contribution in [3.63, 3.8) is 0 Å². The molecule has 1 heterocycles. The van der Waals surface area contributed by atoms with Crippen LogP contribution in [0.4, 0.5) is 10.5 Å². The van der Waals surface area contributed by atoms with E-state index < -0.39 is 23.6 Å². The molecular weight excluding hydrogens is 396 g/mol. The maximum atomic E-state index is 12.5. The first-order valence-electron chi connectivity index (χ1n) is 8.50. The molecule has 8 nitrogen and oxygen atoms in total. The van der Waals surface area contributed by atoms with Gasteiger partial charge in [-0.15, -0.1) is 0 Å². The van der Waals surface area contributed by atoms with Gasteiger partial charge in [0.15, 0.2) is 11.5 Å². The van der Waals surface area contributed by atoms with Gasteiger partial charge in [0.1, 0.15) is 12.3 Å². The van der Waals surface area contributed by atoms with Crippen LogP contribution in [0, 0.1) is 6.92 Å². The number of nitrogens with one attached hydrogen (secondary N) is 1. The summed E-state index contributed by atoms with van der Waals surface area (Å²) >= 11 is 0.722. The van der Waals surface area contributed by atoms with Crippen molar-refractivity contribution in [3.8, 4) is 17.2 Å². The first-order valence-corrected chi connectivity index (χ1v) is 9.32. The quantitative estimate of drug-likeness (QED) is 0.644. The molecule has 150 valence electrons. The van der Waals surface area contributed by atoms with Crippen LogP contribution in [-0.2, 0) is 9.59 Å². The van der Waals surface area contributed by atoms with Crippen LogP contribution in [-0.4, -0.2) is 45.8 Å². The topological polar surface area (TPSA) is 116 Å². The maximum absolute atomic E-state index is 12.5. The minimum Gasteiger partial charge on any atom is -0.508 e. The van der Waals surface area contributed by atoms with Gasteiger partial charge in [-0.25, -0.2) is 0 Å². The number of phenols is 2. The standard InChI is InChI=1S/C20H18N2O6S/c1-11-3-5-13(9-15(11)24)21-18(25)10-22-19(26)17(29-20(22)27)8-12-4-6-14(23)16(7-12)28-2/h3-9,23-24H,10H2,1-2H3,(H,21,25)/b17-8-. The summed E-state index contributed by atoms with van der Waals surface area (Å²) in [5, 5.41) is 21.3. The highest BCUT2D eigenvalue weighted by Crippen LogP contribution is 2.34. The Morgan fingerprint density at radius 1 is 1.17 bits per heavy atom. The molecule has 0 radical (unpaired) electrons. The maximum Gasteiger partial charge on any atom is 0.294 e. The van der Waals surface area contributed by atoms with Gasteiger partial charge in [-0.3, -0.25) is 19.3 Å². The summed E-state index contributed by atoms with van der Waals surface area (Å²) in [6.45, 7) is 1.27. The van der Waals surface area contributed by atoms with E-state index in [1.807, 2.05) is 0 Å². The van der Waals surface area contributed by atoms with E-state index in [-0.39, 0.29) is 22.2 Å². The molecule has 2 aromatic carbocycles. The summed E-state index contributed by atoms with van der Waals surface area (Å²) in [4.78, 5) is 38.0. The van der Waals surface area contributed by atoms with Gasteiger partial charge < -0.3 is 20.3 Å². The molecule has 3 N–H and O–H groups in total. The van der Waals surface area contributed by atoms with E-state index in [2.05, 4.69) is 5.32 Å². The van der Waals surface area contributed by atoms with E-state index >= 15 is 0 Å². The molecule has 2 aromatic rings. The number of nitrogens with zero attached hydrogens (tertiary/aromatic N) is 1. The van der Waals surface area contributed by atoms with E-state index in [4.69, 9.17) is 4.74 Å². The lowest BCUT2D eigenvalue weighted by Crippen LogP contribution is -2.36. The molecule has 0 bridgehead atoms. The summed E-state index contributed by atoms with van der Waals surface area (Å²) in [5.41, 5.74) is 1.58. The molecule has 3 rings (SSSR count). The van der Waals surface area contributed by atoms with Gasteiger partial charge in [-0.05, 0) is 54.1 Å². The van der Waals surface area contributed by atoms with E-state index in [1.54, 1.807) is 25.1 Å². The predicted octanol–water partition coefficient (Wildman–Crippen LogP) is 3.09. The third-order valence-corrected chi connectivity index (χ3v) is 5.08. The summed E-state index contributed by atoms with van der Waals surface area (Å²) in [7, 11) is 1.40. The van der Waals surface area contributed by atoms with Crippen molar-refractivity contribution in [2.75, 3.05) is 19.0 Å². The number of ether oxygens (including phenoxy) is 1. The van der Waals surface area contributed by atoms with E-state index in [9.17, 15) is 24.6 Å². The average molecular weight is 414 g/mol. The number of aryl methyl sites for hydroxylation is 1. The number of amides is 3. The lowest BCUT2D eigenvalue weighted by molar-refractivity contribution is -0.127. The van der Waals surface area contributed by atoms with Gasteiger partial charge in [0.25, 0.3) is 11.1 Å². The molecule has 0 unspecified atom stereocenters. The van der Waals surface area contributed by atoms with Gasteiger partial charge in [0.2, 0.25) is 5.91 Å². The van der Waals surface area contributed by atoms with E-state index in [1.165, 1.54) is 31.4 Å². The summed E-state index contributed by atoms with van der Waals surface area (Å²) in [6.07, 6.45) is 1.49. The normalized spacial score (nSPS) is 15.1. The Labute approximate surface area is 170 Å². The van der Waals surface area contributed by atoms with Crippen LogP contribution in [0.25, 0.3) is 6.08 Å². The molecule has 1 fully saturated rings. The van der Waals surface area contributed by atoms with E-state index in [0.29, 0.717) is 16.8 Å². The van der Waals surface area contributed by atoms with Crippen LogP contribution in [0.15, 0.2) is 41.3 Å². The number of methoxy groups -OCH3 is 1. The fraction of sp³-hybridized carbons (Fsp3) is 0.150. The number of carbonyl (C=O) groups is 3. The van der Waals surface area contributed by atoms with Crippen LogP contribution in [0.5, 0.6) is 17.2 Å². The van der Waals surface area contributed by atoms with Gasteiger partial charge >= 0.3 is 0 Å². The van der Waals surface area contributed by atoms with Crippen LogP contribution in [0.3, 0.4) is 0 Å². The molecule has 1 aliphatic rings. The molecule has 9 heteroatoms. The summed E-state index contributed by atoms with van der Waals surface area (Å²) in [6, 6.07) is 9.15. The van der Waals surface area contributed by atoms with Crippen molar-refractivity contribution in [3.05, 3.63) is 52.4 Å². The fourth-order valence-corrected chi connectivity index (χ4v) is 3.44. The Kier molecular flexibility index (Phi) is 5.79. The van der Waals surface area contributed by atoms with Gasteiger partial charge in [-0.2, -0.15) is 0 Å². The zero-order valence-electron chi connectivity index (χ0n) is 15.6. The van der Waals surface area contributed by atoms with Crippen LogP contribution >= 0.6 is 11.8 Å². The SMILES string of the molecule is COc1cc(/C=C2\SC(=O)N(CC(=O)Nc3ccc(C)c(O)c3)C2=O)ccc1O. The van der Waals surface area contributed by atoms with Crippen LogP contribution in [0.1, 0.15) is 11.1 Å². The second-order valence-electron chi connectivity index (χ2n) is 6.25. The number of hydrogen-bond donors (Lipinski definition) is 3. The van der Waals surface area contributed by atoms with Crippen molar-refractivity contribution >= 4 is 40.6 Å². The molecule has 0 aliphatic carbocycles. The first-order chi connectivity index (χ1) is 13.8. The number of thioether (sulfide) groups is 1. The van der Waals surface area contributed by atoms with E-state index in [0.717, 1.165) is 16.7 Å². The molecule has 0 atom stereocenters. The third-order valence-electron chi connectivity index (χ3n) is 4.17. The van der Waals surface area contributed by atoms with Gasteiger partial charge in [0.05, 0.1) is 12.0 Å². The zero-order valence-corrected chi connectivity index (χ0v) is 16.4. The molecule has 1 aliphatic heterocycles. The molecule has 0 aromatic heterocycles. The summed E-state index contributed by atoms with van der Waals surface area (Å²) in [5.74, 6) is -0.937. The van der Waals surface area contributed by atoms with Crippen LogP contribution in [0.2, 0.25) is 0 Å². The molecular formula is C20H18N2O6S. The third kappa shape index (κ3) is 4.52. The fourth-order valence-electron chi connectivity index (χ4n) is 2.60. The number of aromatic hydroxyl groups is 2. The Bertz CT molecular complexity index is 1030. The molecule has 0 saturated carbocycles. The second kappa shape index (κ2) is 8.27. The minimum absolute atomic E-state index is 0.0289. The first kappa shape index (κ1) is 20.3. The average Bonchev–Trinajstić information content (AvgIpc) is 2.93. The second-order valence-corrected chi connectivity index (χ2v) is 7.24. The van der Waals surface area contributed by atoms with Gasteiger partial charge in [-0.1, -0.05) is 12.1 Å². The smallest absolute Gasteiger partial charge is 0.294 e. The Morgan fingerprint density at radius 2 is 1.93 bits per heavy atom. The Balaban J connectivity index is 1.71. The highest BCUT2D eigenvalue weighted by atomic mass is 32.2. The molecule has 1 saturated heterocycles. The number of anilines is 1. The van der Waals surface area contributed by atoms with Crippen molar-refractivity contribution < 1.29 is 29.3 Å². The van der Waals surface area contributed by atoms with Crippen molar-refractivity contribution in [1.82, 2.24) is 4.90 Å². The lowest BCUT2D eigenvalue weighted by atomic mass is 10.2. The largest absolute Gasteiger partial charge is 0.508 e. The van der Waals surface area contributed by atoms with Crippen molar-refractivity contribution in [1.29, 1.82) is 0 Å². The van der Waals surface area contributed by atoms with Crippen molar-refractivity contribution in [2.45, 2.75) is 6.92 Å². The van der Waals surface area contributed by atoms with Gasteiger partial charge in [0, 0.05) is 11.8 Å². The number of phenolic OH excluding ortho intramolecular Hbond substituents is 2. The minimum atomic E-state index is -0.589. The number of hydrogen-bond acceptors (Lipinski definition) is 7. The molecule has 29 heavy (non-hydrogen) atoms. The number of benzene rings is 2. The number of carbonyl (C=O) groups excluding carboxylic acids is 3. The number of rotatable bonds is 5. The molecule has 3 amide bonds. The number of imide groups is 1. The molecule has 0 spiro atoms. The van der Waals surface area contributed by atoms with Crippen LogP contribution < -0.4 is 10.1 Å². The lowest BCUT2D eigenvalue weighted by Gasteiger charge is -2.13. The monoisotopic (exact) mass is 414 g/mol. The Morgan fingerprint density at radius 3 is 2.62 bits per heavy atom. The highest BCUT2D eigenvalue weighted by Gasteiger charge is 2.36. The predicted molar refractivity (Wildman–Crippen MR) is 109 cm³/mol.